The van der Waals surface area contributed by atoms with Gasteiger partial charge in [-0.15, -0.1) is 10.2 Å². The van der Waals surface area contributed by atoms with Gasteiger partial charge in [-0.3, -0.25) is 9.20 Å². The van der Waals surface area contributed by atoms with Crippen LogP contribution in [0.25, 0.3) is 16.8 Å². The average Bonchev–Trinajstić information content (AvgIpc) is 3.19. The van der Waals surface area contributed by atoms with Crippen LogP contribution in [0.15, 0.2) is 48.9 Å². The fourth-order valence-electron chi connectivity index (χ4n) is 4.21. The average molecular weight is 416 g/mol. The number of ether oxygens (including phenoxy) is 1. The van der Waals surface area contributed by atoms with Crippen LogP contribution in [0.1, 0.15) is 33.8 Å². The maximum atomic E-state index is 14.6. The fourth-order valence-corrected chi connectivity index (χ4v) is 4.21. The van der Waals surface area contributed by atoms with E-state index in [1.165, 1.54) is 6.07 Å². The zero-order valence-electron chi connectivity index (χ0n) is 16.2. The number of halogens is 1. The second-order valence-corrected chi connectivity index (χ2v) is 7.75. The molecule has 1 amide bonds. The summed E-state index contributed by atoms with van der Waals surface area (Å²) in [6, 6.07) is 10.0. The van der Waals surface area contributed by atoms with E-state index in [0.29, 0.717) is 22.7 Å². The molecule has 2 unspecified atom stereocenters. The molecule has 8 nitrogen and oxygen atoms in total. The summed E-state index contributed by atoms with van der Waals surface area (Å²) in [7, 11) is 0. The Morgan fingerprint density at radius 2 is 2.10 bits per heavy atom. The van der Waals surface area contributed by atoms with Crippen molar-refractivity contribution in [3.05, 3.63) is 71.4 Å². The lowest BCUT2D eigenvalue weighted by molar-refractivity contribution is 0.100. The van der Waals surface area contributed by atoms with Gasteiger partial charge >= 0.3 is 0 Å². The Labute approximate surface area is 175 Å². The lowest BCUT2D eigenvalue weighted by Gasteiger charge is -2.14. The first kappa shape index (κ1) is 17.8. The molecule has 1 aliphatic carbocycles. The summed E-state index contributed by atoms with van der Waals surface area (Å²) in [4.78, 5) is 15.8. The maximum Gasteiger partial charge on any atom is 0.248 e. The van der Waals surface area contributed by atoms with Gasteiger partial charge in [-0.1, -0.05) is 12.1 Å². The Balaban J connectivity index is 1.32. The first-order valence-corrected chi connectivity index (χ1v) is 9.91. The minimum absolute atomic E-state index is 0.193. The van der Waals surface area contributed by atoms with Crippen molar-refractivity contribution in [2.45, 2.75) is 25.0 Å². The highest BCUT2D eigenvalue weighted by atomic mass is 19.1. The summed E-state index contributed by atoms with van der Waals surface area (Å²) in [6.45, 7) is 0.272. The van der Waals surface area contributed by atoms with Gasteiger partial charge in [0.2, 0.25) is 11.9 Å². The molecule has 31 heavy (non-hydrogen) atoms. The molecular formula is C22H17FN6O2. The highest BCUT2D eigenvalue weighted by Crippen LogP contribution is 2.55. The van der Waals surface area contributed by atoms with E-state index >= 15 is 0 Å². The van der Waals surface area contributed by atoms with Crippen LogP contribution in [0.2, 0.25) is 0 Å². The van der Waals surface area contributed by atoms with Crippen molar-refractivity contribution in [3.8, 4) is 16.9 Å². The molecule has 6 rings (SSSR count). The van der Waals surface area contributed by atoms with E-state index in [9.17, 15) is 9.18 Å². The Hall–Kier alpha value is -4.01. The minimum Gasteiger partial charge on any atom is -0.489 e. The number of nitrogens with zero attached hydrogens (tertiary/aromatic N) is 4. The molecule has 1 fully saturated rings. The van der Waals surface area contributed by atoms with Crippen molar-refractivity contribution in [2.75, 3.05) is 5.32 Å². The summed E-state index contributed by atoms with van der Waals surface area (Å²) in [5.74, 6) is 0.821. The molecular weight excluding hydrogens is 399 g/mol. The molecule has 0 spiro atoms. The number of nitrogens with two attached hydrogens (primary N) is 1. The number of benzene rings is 2. The largest absolute Gasteiger partial charge is 0.489 e. The number of hydrogen-bond donors (Lipinski definition) is 2. The summed E-state index contributed by atoms with van der Waals surface area (Å²) < 4.78 is 22.1. The molecule has 2 aliphatic rings. The van der Waals surface area contributed by atoms with Crippen molar-refractivity contribution >= 4 is 17.5 Å². The Morgan fingerprint density at radius 3 is 2.90 bits per heavy atom. The van der Waals surface area contributed by atoms with Crippen LogP contribution in [0.5, 0.6) is 5.75 Å². The van der Waals surface area contributed by atoms with Crippen molar-refractivity contribution in [1.29, 1.82) is 0 Å². The van der Waals surface area contributed by atoms with E-state index in [4.69, 9.17) is 10.5 Å². The number of hydrogen-bond acceptors (Lipinski definition) is 6. The standard InChI is InChI=1S/C22H17FN6O2/c23-16-5-6-17-19(13-7-18(13)31-17)15(16)9-26-22-25-8-14(21-28-27-10-29(21)22)11-1-3-12(4-2-11)20(24)30/h1-6,8,10,13,18H,7,9H2,(H2,24,30)(H,25,26). The van der Waals surface area contributed by atoms with E-state index in [1.807, 2.05) is 0 Å². The monoisotopic (exact) mass is 416 g/mol. The smallest absolute Gasteiger partial charge is 0.248 e. The van der Waals surface area contributed by atoms with Gasteiger partial charge in [0.05, 0.1) is 0 Å². The van der Waals surface area contributed by atoms with Crippen LogP contribution >= 0.6 is 0 Å². The molecule has 0 bridgehead atoms. The molecule has 154 valence electrons. The first-order chi connectivity index (χ1) is 15.1. The van der Waals surface area contributed by atoms with Gasteiger partial charge in [0.25, 0.3) is 0 Å². The van der Waals surface area contributed by atoms with Crippen LogP contribution in [-0.4, -0.2) is 31.6 Å². The first-order valence-electron chi connectivity index (χ1n) is 9.91. The van der Waals surface area contributed by atoms with Crippen LogP contribution in [0, 0.1) is 5.82 Å². The third kappa shape index (κ3) is 2.81. The number of aromatic nitrogens is 4. The van der Waals surface area contributed by atoms with Crippen LogP contribution in [0.4, 0.5) is 10.3 Å². The zero-order valence-corrected chi connectivity index (χ0v) is 16.2. The van der Waals surface area contributed by atoms with Crippen molar-refractivity contribution in [3.63, 3.8) is 0 Å². The Bertz CT molecular complexity index is 1350. The van der Waals surface area contributed by atoms with Gasteiger partial charge < -0.3 is 15.8 Å². The van der Waals surface area contributed by atoms with E-state index < -0.39 is 5.91 Å². The number of rotatable bonds is 5. The van der Waals surface area contributed by atoms with Crippen LogP contribution < -0.4 is 15.8 Å². The fraction of sp³-hybridized carbons (Fsp3) is 0.182. The Morgan fingerprint density at radius 1 is 1.26 bits per heavy atom. The molecule has 2 atom stereocenters. The molecule has 0 saturated heterocycles. The van der Waals surface area contributed by atoms with Crippen LogP contribution in [0.3, 0.4) is 0 Å². The van der Waals surface area contributed by atoms with Crippen molar-refractivity contribution in [1.82, 2.24) is 19.6 Å². The van der Waals surface area contributed by atoms with E-state index in [0.717, 1.165) is 28.9 Å². The number of amides is 1. The summed E-state index contributed by atoms with van der Waals surface area (Å²) in [5.41, 5.74) is 9.47. The number of primary amides is 1. The maximum absolute atomic E-state index is 14.6. The highest BCUT2D eigenvalue weighted by Gasteiger charge is 2.49. The molecule has 0 radical (unpaired) electrons. The normalized spacial score (nSPS) is 18.4. The molecule has 3 heterocycles. The number of anilines is 1. The van der Waals surface area contributed by atoms with Crippen LogP contribution in [-0.2, 0) is 6.54 Å². The Kier molecular flexibility index (Phi) is 3.73. The lowest BCUT2D eigenvalue weighted by Crippen LogP contribution is -2.10. The SMILES string of the molecule is NC(=O)c1ccc(-c2cnc(NCc3c(F)ccc4c3C3CC3O4)n3cnnc23)cc1. The van der Waals surface area contributed by atoms with Gasteiger partial charge in [-0.2, -0.15) is 0 Å². The minimum atomic E-state index is -0.487. The molecule has 4 aromatic rings. The number of nitrogens with one attached hydrogen (secondary N) is 1. The van der Waals surface area contributed by atoms with Crippen molar-refractivity contribution in [2.24, 2.45) is 5.73 Å². The molecule has 1 aliphatic heterocycles. The van der Waals surface area contributed by atoms with Gasteiger partial charge in [0, 0.05) is 40.9 Å². The lowest BCUT2D eigenvalue weighted by atomic mass is 10.0. The third-order valence-electron chi connectivity index (χ3n) is 5.88. The second-order valence-electron chi connectivity index (χ2n) is 7.75. The van der Waals surface area contributed by atoms with Gasteiger partial charge in [0.1, 0.15) is 24.0 Å². The highest BCUT2D eigenvalue weighted by molar-refractivity contribution is 5.93. The summed E-state index contributed by atoms with van der Waals surface area (Å²) in [6.07, 6.45) is 4.37. The number of carbonyl (C=O) groups excluding carboxylic acids is 1. The molecule has 2 aromatic carbocycles. The van der Waals surface area contributed by atoms with E-state index in [-0.39, 0.29) is 24.4 Å². The topological polar surface area (TPSA) is 107 Å². The number of carbonyl (C=O) groups is 1. The van der Waals surface area contributed by atoms with Gasteiger partial charge in [-0.25, -0.2) is 9.37 Å². The second kappa shape index (κ2) is 6.49. The molecule has 9 heteroatoms. The van der Waals surface area contributed by atoms with E-state index in [2.05, 4.69) is 20.5 Å². The molecule has 1 saturated carbocycles. The van der Waals surface area contributed by atoms with E-state index in [1.54, 1.807) is 47.3 Å². The predicted molar refractivity (Wildman–Crippen MR) is 110 cm³/mol. The van der Waals surface area contributed by atoms with Gasteiger partial charge in [0.15, 0.2) is 5.65 Å². The molecule has 3 N–H and O–H groups in total. The quantitative estimate of drug-likeness (QED) is 0.518. The molecule has 2 aromatic heterocycles. The zero-order chi connectivity index (χ0) is 21.1. The summed E-state index contributed by atoms with van der Waals surface area (Å²) >= 11 is 0. The summed E-state index contributed by atoms with van der Waals surface area (Å²) in [5, 5.41) is 11.4. The van der Waals surface area contributed by atoms with Gasteiger partial charge in [-0.05, 0) is 36.2 Å². The number of fused-ring (bicyclic) bond motifs is 4. The van der Waals surface area contributed by atoms with Crippen molar-refractivity contribution < 1.29 is 13.9 Å². The predicted octanol–water partition coefficient (Wildman–Crippen LogP) is 2.89. The third-order valence-corrected chi connectivity index (χ3v) is 5.88.